The normalized spacial score (nSPS) is 19.0. The van der Waals surface area contributed by atoms with E-state index in [1.54, 1.807) is 0 Å². The van der Waals surface area contributed by atoms with Crippen LogP contribution in [0.1, 0.15) is 12.8 Å². The van der Waals surface area contributed by atoms with E-state index in [4.69, 9.17) is 11.6 Å². The first-order chi connectivity index (χ1) is 9.09. The number of hydrogen-bond donors (Lipinski definition) is 2. The van der Waals surface area contributed by atoms with Crippen LogP contribution in [0.2, 0.25) is 5.02 Å². The summed E-state index contributed by atoms with van der Waals surface area (Å²) in [6.45, 7) is 1.76. The molecule has 1 saturated heterocycles. The summed E-state index contributed by atoms with van der Waals surface area (Å²) >= 11 is 6.19. The number of para-hydroxylation sites is 1. The molecular weight excluding hydrogens is 262 g/mol. The van der Waals surface area contributed by atoms with E-state index in [2.05, 4.69) is 10.6 Å². The zero-order valence-electron chi connectivity index (χ0n) is 11.4. The van der Waals surface area contributed by atoms with Crippen molar-refractivity contribution in [1.29, 1.82) is 0 Å². The van der Waals surface area contributed by atoms with E-state index in [9.17, 15) is 4.79 Å². The van der Waals surface area contributed by atoms with Crippen molar-refractivity contribution in [2.45, 2.75) is 12.8 Å². The van der Waals surface area contributed by atoms with Gasteiger partial charge in [-0.15, -0.1) is 0 Å². The van der Waals surface area contributed by atoms with E-state index in [0.717, 1.165) is 37.3 Å². The van der Waals surface area contributed by atoms with E-state index >= 15 is 0 Å². The van der Waals surface area contributed by atoms with E-state index in [1.165, 1.54) is 0 Å². The summed E-state index contributed by atoms with van der Waals surface area (Å²) in [5, 5.41) is 6.89. The molecule has 0 aliphatic carbocycles. The van der Waals surface area contributed by atoms with Gasteiger partial charge in [-0.25, -0.2) is 0 Å². The van der Waals surface area contributed by atoms with Crippen LogP contribution in [0, 0.1) is 5.92 Å². The Kier molecular flexibility index (Phi) is 4.66. The maximum absolute atomic E-state index is 12.2. The van der Waals surface area contributed by atoms with Crippen LogP contribution in [0.25, 0.3) is 0 Å². The minimum absolute atomic E-state index is 0.0442. The third-order valence-electron chi connectivity index (χ3n) is 3.36. The summed E-state index contributed by atoms with van der Waals surface area (Å²) in [6.07, 6.45) is 1.99. The number of halogens is 1. The largest absolute Gasteiger partial charge is 0.375 e. The first-order valence-electron chi connectivity index (χ1n) is 6.57. The molecule has 0 bridgehead atoms. The van der Waals surface area contributed by atoms with Crippen LogP contribution in [-0.2, 0) is 4.79 Å². The molecule has 0 spiro atoms. The third-order valence-corrected chi connectivity index (χ3v) is 3.66. The molecule has 0 aromatic heterocycles. The second kappa shape index (κ2) is 6.26. The molecule has 19 heavy (non-hydrogen) atoms. The van der Waals surface area contributed by atoms with Gasteiger partial charge in [-0.3, -0.25) is 4.79 Å². The van der Waals surface area contributed by atoms with Gasteiger partial charge in [0.25, 0.3) is 0 Å². The van der Waals surface area contributed by atoms with Crippen molar-refractivity contribution in [3.05, 3.63) is 23.2 Å². The predicted molar refractivity (Wildman–Crippen MR) is 80.0 cm³/mol. The number of carbonyl (C=O) groups is 1. The highest BCUT2D eigenvalue weighted by atomic mass is 35.5. The Bertz CT molecular complexity index is 456. The van der Waals surface area contributed by atoms with Gasteiger partial charge in [0.2, 0.25) is 5.91 Å². The number of nitrogens with one attached hydrogen (secondary N) is 2. The number of piperidine rings is 1. The summed E-state index contributed by atoms with van der Waals surface area (Å²) in [5.74, 6) is 0.111. The number of rotatable bonds is 3. The molecule has 1 aliphatic heterocycles. The second-order valence-electron chi connectivity index (χ2n) is 5.06. The lowest BCUT2D eigenvalue weighted by atomic mass is 9.98. The van der Waals surface area contributed by atoms with Gasteiger partial charge < -0.3 is 15.5 Å². The van der Waals surface area contributed by atoms with Gasteiger partial charge in [0.15, 0.2) is 0 Å². The van der Waals surface area contributed by atoms with E-state index in [0.29, 0.717) is 5.02 Å². The smallest absolute Gasteiger partial charge is 0.228 e. The van der Waals surface area contributed by atoms with Crippen molar-refractivity contribution in [3.8, 4) is 0 Å². The number of amides is 1. The maximum Gasteiger partial charge on any atom is 0.228 e. The van der Waals surface area contributed by atoms with Gasteiger partial charge in [0.05, 0.1) is 22.3 Å². The van der Waals surface area contributed by atoms with Gasteiger partial charge >= 0.3 is 0 Å². The van der Waals surface area contributed by atoms with E-state index < -0.39 is 0 Å². The highest BCUT2D eigenvalue weighted by Crippen LogP contribution is 2.32. The van der Waals surface area contributed by atoms with Gasteiger partial charge in [0, 0.05) is 20.6 Å². The Morgan fingerprint density at radius 1 is 1.47 bits per heavy atom. The van der Waals surface area contributed by atoms with Crippen LogP contribution in [0.5, 0.6) is 0 Å². The van der Waals surface area contributed by atoms with Crippen molar-refractivity contribution in [3.63, 3.8) is 0 Å². The number of nitrogens with zero attached hydrogens (tertiary/aromatic N) is 1. The summed E-state index contributed by atoms with van der Waals surface area (Å²) in [6, 6.07) is 5.56. The number of benzene rings is 1. The lowest BCUT2D eigenvalue weighted by Gasteiger charge is -2.24. The number of carbonyl (C=O) groups excluding carboxylic acids is 1. The Hall–Kier alpha value is -1.26. The SMILES string of the molecule is CN(C)c1c(Cl)cccc1NC(=O)C1CCCNC1. The Morgan fingerprint density at radius 3 is 2.89 bits per heavy atom. The molecule has 1 fully saturated rings. The maximum atomic E-state index is 12.2. The highest BCUT2D eigenvalue weighted by Gasteiger charge is 2.22. The lowest BCUT2D eigenvalue weighted by Crippen LogP contribution is -2.37. The average Bonchev–Trinajstić information content (AvgIpc) is 2.39. The molecule has 5 heteroatoms. The average molecular weight is 282 g/mol. The molecular formula is C14H20ClN3O. The molecule has 1 amide bonds. The quantitative estimate of drug-likeness (QED) is 0.894. The monoisotopic (exact) mass is 281 g/mol. The Labute approximate surface area is 119 Å². The summed E-state index contributed by atoms with van der Waals surface area (Å²) in [5.41, 5.74) is 1.62. The third kappa shape index (κ3) is 3.39. The van der Waals surface area contributed by atoms with E-state index in [1.807, 2.05) is 37.2 Å². The fourth-order valence-corrected chi connectivity index (χ4v) is 2.72. The molecule has 104 valence electrons. The van der Waals surface area contributed by atoms with Crippen LogP contribution < -0.4 is 15.5 Å². The summed E-state index contributed by atoms with van der Waals surface area (Å²) in [4.78, 5) is 14.2. The van der Waals surface area contributed by atoms with Crippen molar-refractivity contribution < 1.29 is 4.79 Å². The fraction of sp³-hybridized carbons (Fsp3) is 0.500. The molecule has 1 aliphatic rings. The summed E-state index contributed by atoms with van der Waals surface area (Å²) < 4.78 is 0. The molecule has 1 heterocycles. The van der Waals surface area contributed by atoms with Crippen LogP contribution in [0.4, 0.5) is 11.4 Å². The standard InChI is InChI=1S/C14H20ClN3O/c1-18(2)13-11(15)6-3-7-12(13)17-14(19)10-5-4-8-16-9-10/h3,6-7,10,16H,4-5,8-9H2,1-2H3,(H,17,19). The Balaban J connectivity index is 2.14. The minimum Gasteiger partial charge on any atom is -0.375 e. The Morgan fingerprint density at radius 2 is 2.26 bits per heavy atom. The van der Waals surface area contributed by atoms with Crippen molar-refractivity contribution in [2.75, 3.05) is 37.4 Å². The predicted octanol–water partition coefficient (Wildman–Crippen LogP) is 2.34. The molecule has 1 atom stereocenters. The van der Waals surface area contributed by atoms with Crippen LogP contribution in [0.3, 0.4) is 0 Å². The zero-order chi connectivity index (χ0) is 13.8. The number of anilines is 2. The second-order valence-corrected chi connectivity index (χ2v) is 5.47. The van der Waals surface area contributed by atoms with E-state index in [-0.39, 0.29) is 11.8 Å². The van der Waals surface area contributed by atoms with Gasteiger partial charge in [-0.05, 0) is 31.5 Å². The molecule has 1 unspecified atom stereocenters. The molecule has 0 radical (unpaired) electrons. The van der Waals surface area contributed by atoms with Gasteiger partial charge in [-0.2, -0.15) is 0 Å². The zero-order valence-corrected chi connectivity index (χ0v) is 12.1. The van der Waals surface area contributed by atoms with Crippen LogP contribution in [0.15, 0.2) is 18.2 Å². The molecule has 4 nitrogen and oxygen atoms in total. The number of hydrogen-bond acceptors (Lipinski definition) is 3. The van der Waals surface area contributed by atoms with Crippen molar-refractivity contribution >= 4 is 28.9 Å². The molecule has 1 aromatic carbocycles. The fourth-order valence-electron chi connectivity index (χ4n) is 2.38. The molecule has 0 saturated carbocycles. The topological polar surface area (TPSA) is 44.4 Å². The van der Waals surface area contributed by atoms with Gasteiger partial charge in [0.1, 0.15) is 0 Å². The highest BCUT2D eigenvalue weighted by molar-refractivity contribution is 6.34. The lowest BCUT2D eigenvalue weighted by molar-refractivity contribution is -0.120. The minimum atomic E-state index is 0.0442. The molecule has 1 aromatic rings. The summed E-state index contributed by atoms with van der Waals surface area (Å²) in [7, 11) is 3.83. The first kappa shape index (κ1) is 14.2. The first-order valence-corrected chi connectivity index (χ1v) is 6.95. The van der Waals surface area contributed by atoms with Crippen molar-refractivity contribution in [1.82, 2.24) is 5.32 Å². The van der Waals surface area contributed by atoms with Gasteiger partial charge in [-0.1, -0.05) is 17.7 Å². The van der Waals surface area contributed by atoms with Crippen LogP contribution >= 0.6 is 11.6 Å². The van der Waals surface area contributed by atoms with Crippen LogP contribution in [-0.4, -0.2) is 33.1 Å². The molecule has 2 N–H and O–H groups in total. The van der Waals surface area contributed by atoms with Crippen molar-refractivity contribution in [2.24, 2.45) is 5.92 Å². The molecule has 2 rings (SSSR count).